The van der Waals surface area contributed by atoms with Crippen molar-refractivity contribution in [2.45, 2.75) is 0 Å². The number of hydrogen-bond acceptors (Lipinski definition) is 10. The van der Waals surface area contributed by atoms with E-state index in [1.165, 1.54) is 12.4 Å². The number of pyridine rings is 2. The van der Waals surface area contributed by atoms with Crippen LogP contribution in [-0.4, -0.2) is 9.97 Å². The van der Waals surface area contributed by atoms with E-state index in [9.17, 15) is 42.1 Å². The molecule has 10 nitrogen and oxygen atoms in total. The van der Waals surface area contributed by atoms with E-state index in [2.05, 4.69) is 9.97 Å². The van der Waals surface area contributed by atoms with Crippen molar-refractivity contribution < 1.29 is 0 Å². The van der Waals surface area contributed by atoms with E-state index in [0.717, 1.165) is 0 Å². The molecule has 186 valence electrons. The SMILES string of the molecule is N#CC(C#N)=C1C(C#N)=C(C#N)c2c1c(-c1ccccn1)c1c(c2-c2ccccn2)C(=C(C#N)C#N)C(C#N)=C1C#N. The number of fused-ring (bicyclic) bond motifs is 2. The summed E-state index contributed by atoms with van der Waals surface area (Å²) >= 11 is 0. The standard InChI is InChI=1S/C32H8N10/c33-9-17(10-34)25-20(14-38)22(16-40)28-30(24-6-2-4-8-42-24)32-26(18(11-35)12-36)19(13-37)21(15-39)27(32)29(31(25)28)23-5-1-3-7-41-23/h1-8H. The third-order valence-electron chi connectivity index (χ3n) is 6.74. The highest BCUT2D eigenvalue weighted by Crippen LogP contribution is 2.58. The first-order valence-electron chi connectivity index (χ1n) is 11.8. The zero-order valence-electron chi connectivity index (χ0n) is 21.1. The predicted octanol–water partition coefficient (Wildman–Crippen LogP) is 5.04. The highest BCUT2D eigenvalue weighted by atomic mass is 14.7. The number of allylic oxidation sites excluding steroid dienone is 8. The average Bonchev–Trinajstić information content (AvgIpc) is 3.54. The van der Waals surface area contributed by atoms with Gasteiger partial charge in [0.15, 0.2) is 0 Å². The molecule has 0 radical (unpaired) electrons. The molecule has 0 unspecified atom stereocenters. The lowest BCUT2D eigenvalue weighted by atomic mass is 9.80. The van der Waals surface area contributed by atoms with Crippen molar-refractivity contribution in [2.75, 3.05) is 0 Å². The molecule has 42 heavy (non-hydrogen) atoms. The minimum Gasteiger partial charge on any atom is -0.256 e. The van der Waals surface area contributed by atoms with E-state index in [4.69, 9.17) is 0 Å². The Morgan fingerprint density at radius 3 is 1.05 bits per heavy atom. The molecular weight excluding hydrogens is 524 g/mol. The minimum absolute atomic E-state index is 0.0920. The molecule has 2 aliphatic carbocycles. The van der Waals surface area contributed by atoms with E-state index < -0.39 is 11.1 Å². The third kappa shape index (κ3) is 3.44. The van der Waals surface area contributed by atoms with Crippen LogP contribution in [0.5, 0.6) is 0 Å². The fourth-order valence-corrected chi connectivity index (χ4v) is 5.25. The lowest BCUT2D eigenvalue weighted by Crippen LogP contribution is -2.05. The Morgan fingerprint density at radius 2 is 0.786 bits per heavy atom. The van der Waals surface area contributed by atoms with Gasteiger partial charge in [-0.05, 0) is 24.3 Å². The summed E-state index contributed by atoms with van der Waals surface area (Å²) in [4.78, 5) is 8.87. The van der Waals surface area contributed by atoms with Crippen molar-refractivity contribution in [3.63, 3.8) is 0 Å². The van der Waals surface area contributed by atoms with Gasteiger partial charge in [0.05, 0.1) is 33.7 Å². The highest BCUT2D eigenvalue weighted by Gasteiger charge is 2.44. The molecule has 2 aromatic heterocycles. The van der Waals surface area contributed by atoms with Gasteiger partial charge in [-0.1, -0.05) is 12.1 Å². The number of aromatic nitrogens is 2. The first kappa shape index (κ1) is 26.0. The number of rotatable bonds is 2. The summed E-state index contributed by atoms with van der Waals surface area (Å²) in [5.74, 6) is 0. The van der Waals surface area contributed by atoms with Crippen LogP contribution in [0.4, 0.5) is 0 Å². The molecule has 0 spiro atoms. The molecule has 1 aromatic carbocycles. The quantitative estimate of drug-likeness (QED) is 0.400. The zero-order valence-corrected chi connectivity index (χ0v) is 21.1. The summed E-state index contributed by atoms with van der Waals surface area (Å²) in [5, 5.41) is 80.9. The van der Waals surface area contributed by atoms with Gasteiger partial charge < -0.3 is 0 Å². The van der Waals surface area contributed by atoms with Crippen LogP contribution < -0.4 is 0 Å². The third-order valence-corrected chi connectivity index (χ3v) is 6.74. The highest BCUT2D eigenvalue weighted by molar-refractivity contribution is 6.22. The fraction of sp³-hybridized carbons (Fsp3) is 0. The van der Waals surface area contributed by atoms with Crippen molar-refractivity contribution in [2.24, 2.45) is 0 Å². The van der Waals surface area contributed by atoms with Crippen LogP contribution in [0.1, 0.15) is 22.3 Å². The summed E-state index contributed by atoms with van der Waals surface area (Å²) in [6, 6.07) is 24.9. The average molecular weight is 532 g/mol. The number of nitriles is 8. The second-order valence-corrected chi connectivity index (χ2v) is 8.57. The van der Waals surface area contributed by atoms with Crippen LogP contribution in [-0.2, 0) is 0 Å². The van der Waals surface area contributed by atoms with Crippen LogP contribution in [0.15, 0.2) is 71.1 Å². The molecule has 2 aliphatic rings. The maximum absolute atomic E-state index is 10.4. The monoisotopic (exact) mass is 532 g/mol. The Hall–Kier alpha value is -7.60. The molecule has 0 aliphatic heterocycles. The number of nitrogens with zero attached hydrogens (tertiary/aromatic N) is 10. The van der Waals surface area contributed by atoms with Crippen LogP contribution in [0.2, 0.25) is 0 Å². The molecule has 2 heterocycles. The maximum Gasteiger partial charge on any atom is 0.138 e. The van der Waals surface area contributed by atoms with Crippen LogP contribution in [0, 0.1) is 90.6 Å². The Balaban J connectivity index is 2.28. The van der Waals surface area contributed by atoms with Crippen molar-refractivity contribution >= 4 is 22.3 Å². The Kier molecular flexibility index (Phi) is 6.37. The molecule has 0 fully saturated rings. The summed E-state index contributed by atoms with van der Waals surface area (Å²) in [5.41, 5.74) is -0.963. The van der Waals surface area contributed by atoms with Crippen molar-refractivity contribution in [1.82, 2.24) is 9.97 Å². The van der Waals surface area contributed by atoms with Gasteiger partial charge in [0, 0.05) is 56.9 Å². The molecule has 0 saturated heterocycles. The van der Waals surface area contributed by atoms with Crippen molar-refractivity contribution in [1.29, 1.82) is 42.1 Å². The number of benzene rings is 1. The van der Waals surface area contributed by atoms with Gasteiger partial charge in [-0.2, -0.15) is 42.1 Å². The molecule has 0 saturated carbocycles. The first-order valence-corrected chi connectivity index (χ1v) is 11.8. The molecule has 10 heteroatoms. The molecule has 3 aromatic rings. The molecule has 5 rings (SSSR count). The Labute approximate surface area is 238 Å². The molecule has 0 N–H and O–H groups in total. The van der Waals surface area contributed by atoms with Crippen LogP contribution >= 0.6 is 0 Å². The molecule has 0 amide bonds. The number of hydrogen-bond donors (Lipinski definition) is 0. The second kappa shape index (κ2) is 10.3. The topological polar surface area (TPSA) is 216 Å². The molecule has 0 atom stereocenters. The summed E-state index contributed by atoms with van der Waals surface area (Å²) in [7, 11) is 0. The molecule has 0 bridgehead atoms. The smallest absolute Gasteiger partial charge is 0.138 e. The van der Waals surface area contributed by atoms with E-state index in [1.807, 2.05) is 24.3 Å². The van der Waals surface area contributed by atoms with Gasteiger partial charge in [0.1, 0.15) is 59.7 Å². The lowest BCUT2D eigenvalue weighted by Gasteiger charge is -2.21. The van der Waals surface area contributed by atoms with E-state index in [1.54, 1.807) is 60.7 Å². The first-order chi connectivity index (χ1) is 20.6. The summed E-state index contributed by atoms with van der Waals surface area (Å²) in [6.45, 7) is 0. The Morgan fingerprint density at radius 1 is 0.429 bits per heavy atom. The van der Waals surface area contributed by atoms with Crippen molar-refractivity contribution in [3.8, 4) is 71.1 Å². The lowest BCUT2D eigenvalue weighted by molar-refractivity contribution is 1.29. The fourth-order valence-electron chi connectivity index (χ4n) is 5.25. The van der Waals surface area contributed by atoms with Crippen LogP contribution in [0.3, 0.4) is 0 Å². The normalized spacial score (nSPS) is 12.3. The van der Waals surface area contributed by atoms with Crippen LogP contribution in [0.25, 0.3) is 44.8 Å². The zero-order chi connectivity index (χ0) is 30.0. The largest absolute Gasteiger partial charge is 0.256 e. The second-order valence-electron chi connectivity index (χ2n) is 8.57. The Bertz CT molecular complexity index is 2050. The predicted molar refractivity (Wildman–Crippen MR) is 145 cm³/mol. The van der Waals surface area contributed by atoms with E-state index in [0.29, 0.717) is 0 Å². The van der Waals surface area contributed by atoms with Gasteiger partial charge in [0.25, 0.3) is 0 Å². The summed E-state index contributed by atoms with van der Waals surface area (Å²) < 4.78 is 0. The van der Waals surface area contributed by atoms with E-state index >= 15 is 0 Å². The van der Waals surface area contributed by atoms with Gasteiger partial charge in [-0.3, -0.25) is 9.97 Å². The van der Waals surface area contributed by atoms with Gasteiger partial charge >= 0.3 is 0 Å². The minimum atomic E-state index is -0.464. The van der Waals surface area contributed by atoms with Gasteiger partial charge in [-0.15, -0.1) is 0 Å². The summed E-state index contributed by atoms with van der Waals surface area (Å²) in [6.07, 6.45) is 2.92. The molecular formula is C32H8N10. The van der Waals surface area contributed by atoms with Gasteiger partial charge in [0.2, 0.25) is 0 Å². The van der Waals surface area contributed by atoms with Gasteiger partial charge in [-0.25, -0.2) is 0 Å². The maximum atomic E-state index is 10.4. The van der Waals surface area contributed by atoms with E-state index in [-0.39, 0.29) is 78.2 Å². The van der Waals surface area contributed by atoms with Crippen molar-refractivity contribution in [3.05, 3.63) is 93.3 Å².